The van der Waals surface area contributed by atoms with E-state index in [1.54, 1.807) is 0 Å². The fourth-order valence-corrected chi connectivity index (χ4v) is 1.38. The Morgan fingerprint density at radius 3 is 1.40 bits per heavy atom. The van der Waals surface area contributed by atoms with Crippen molar-refractivity contribution in [3.8, 4) is 0 Å². The molecule has 2 atom stereocenters. The van der Waals surface area contributed by atoms with Crippen LogP contribution in [0.1, 0.15) is 29.5 Å². The van der Waals surface area contributed by atoms with Gasteiger partial charge in [0, 0.05) is 14.9 Å². The van der Waals surface area contributed by atoms with Gasteiger partial charge in [0.25, 0.3) is 0 Å². The summed E-state index contributed by atoms with van der Waals surface area (Å²) >= 11 is 0. The Hall–Kier alpha value is -0.0800. The van der Waals surface area contributed by atoms with Crippen LogP contribution in [0, 0.1) is 0 Å². The molecule has 0 aromatic rings. The van der Waals surface area contributed by atoms with Crippen molar-refractivity contribution < 1.29 is 2.85 Å². The second-order valence-corrected chi connectivity index (χ2v) is 2.61. The second kappa shape index (κ2) is 5.69. The molecule has 0 amide bonds. The normalized spacial score (nSPS) is 16.8. The summed E-state index contributed by atoms with van der Waals surface area (Å²) in [5, 5.41) is 6.58. The summed E-state index contributed by atoms with van der Waals surface area (Å²) in [6, 6.07) is 1.24. The molecule has 0 spiro atoms. The molecule has 0 heterocycles. The highest BCUT2D eigenvalue weighted by Crippen LogP contribution is 2.00. The lowest BCUT2D eigenvalue weighted by atomic mass is 10.0. The summed E-state index contributed by atoms with van der Waals surface area (Å²) in [6.07, 6.45) is 2.38. The smallest absolute Gasteiger partial charge is 0.0215 e. The zero-order chi connectivity index (χ0) is 7.98. The zero-order valence-electron chi connectivity index (χ0n) is 7.57. The van der Waals surface area contributed by atoms with E-state index in [0.29, 0.717) is 12.1 Å². The van der Waals surface area contributed by atoms with Crippen molar-refractivity contribution >= 4 is 0 Å². The monoisotopic (exact) mass is 148 g/mol. The van der Waals surface area contributed by atoms with Crippen LogP contribution in [0.5, 0.6) is 0 Å². The summed E-state index contributed by atoms with van der Waals surface area (Å²) in [5.74, 6) is 0. The van der Waals surface area contributed by atoms with E-state index in [-0.39, 0.29) is 2.85 Å². The minimum atomic E-state index is 0. The van der Waals surface area contributed by atoms with Gasteiger partial charge in [-0.15, -0.1) is 0 Å². The van der Waals surface area contributed by atoms with E-state index in [4.69, 9.17) is 0 Å². The summed E-state index contributed by atoms with van der Waals surface area (Å²) in [7, 11) is 4.04. The zero-order valence-corrected chi connectivity index (χ0v) is 7.57. The van der Waals surface area contributed by atoms with Gasteiger partial charge in [-0.25, -0.2) is 0 Å². The largest absolute Gasteiger partial charge is 0.315 e. The van der Waals surface area contributed by atoms with Gasteiger partial charge in [0.15, 0.2) is 0 Å². The molecular formula is C8H24N2. The predicted molar refractivity (Wildman–Crippen MR) is 50.5 cm³/mol. The van der Waals surface area contributed by atoms with E-state index >= 15 is 0 Å². The first-order chi connectivity index (χ1) is 4.79. The third-order valence-corrected chi connectivity index (χ3v) is 2.11. The Morgan fingerprint density at radius 1 is 1.00 bits per heavy atom. The molecule has 0 aromatic carbocycles. The number of hydrogen-bond donors (Lipinski definition) is 2. The van der Waals surface area contributed by atoms with Crippen LogP contribution in [0.4, 0.5) is 0 Å². The van der Waals surface area contributed by atoms with Gasteiger partial charge < -0.3 is 10.6 Å². The molecular weight excluding hydrogens is 124 g/mol. The molecule has 0 unspecified atom stereocenters. The van der Waals surface area contributed by atoms with Gasteiger partial charge in [-0.2, -0.15) is 0 Å². The van der Waals surface area contributed by atoms with Crippen molar-refractivity contribution in [3.63, 3.8) is 0 Å². The molecule has 0 radical (unpaired) electrons. The van der Waals surface area contributed by atoms with Gasteiger partial charge >= 0.3 is 0 Å². The first-order valence-electron chi connectivity index (χ1n) is 4.14. The average molecular weight is 148 g/mol. The van der Waals surface area contributed by atoms with Crippen molar-refractivity contribution in [1.82, 2.24) is 10.6 Å². The van der Waals surface area contributed by atoms with E-state index in [1.165, 1.54) is 12.8 Å². The molecule has 10 heavy (non-hydrogen) atoms. The summed E-state index contributed by atoms with van der Waals surface area (Å²) in [6.45, 7) is 4.42. The average Bonchev–Trinajstić information content (AvgIpc) is 2.00. The summed E-state index contributed by atoms with van der Waals surface area (Å²) in [4.78, 5) is 0. The molecule has 0 saturated carbocycles. The van der Waals surface area contributed by atoms with Crippen molar-refractivity contribution in [3.05, 3.63) is 0 Å². The van der Waals surface area contributed by atoms with E-state index in [9.17, 15) is 0 Å². The Kier molecular flexibility index (Phi) is 5.64. The maximum Gasteiger partial charge on any atom is 0.0215 e. The van der Waals surface area contributed by atoms with Gasteiger partial charge in [0.1, 0.15) is 0 Å². The molecule has 2 N–H and O–H groups in total. The fraction of sp³-hybridized carbons (Fsp3) is 1.00. The molecule has 2 nitrogen and oxygen atoms in total. The van der Waals surface area contributed by atoms with E-state index in [2.05, 4.69) is 24.5 Å². The number of likely N-dealkylation sites (N-methyl/N-ethyl adjacent to an activating group) is 2. The van der Waals surface area contributed by atoms with E-state index in [0.717, 1.165) is 0 Å². The Labute approximate surface area is 67.4 Å². The third kappa shape index (κ3) is 2.67. The van der Waals surface area contributed by atoms with Crippen LogP contribution >= 0.6 is 0 Å². The number of rotatable bonds is 5. The van der Waals surface area contributed by atoms with Crippen LogP contribution in [-0.4, -0.2) is 26.2 Å². The molecule has 0 bridgehead atoms. The fourth-order valence-electron chi connectivity index (χ4n) is 1.38. The van der Waals surface area contributed by atoms with E-state index < -0.39 is 0 Å². The molecule has 0 aliphatic heterocycles. The lowest BCUT2D eigenvalue weighted by molar-refractivity contribution is 0.389. The van der Waals surface area contributed by atoms with Crippen LogP contribution < -0.4 is 10.6 Å². The predicted octanol–water partition coefficient (Wildman–Crippen LogP) is 1.47. The topological polar surface area (TPSA) is 24.1 Å². The first-order valence-corrected chi connectivity index (χ1v) is 4.14. The van der Waals surface area contributed by atoms with Crippen molar-refractivity contribution in [1.29, 1.82) is 0 Å². The minimum Gasteiger partial charge on any atom is -0.315 e. The molecule has 0 fully saturated rings. The SMILES string of the molecule is CC[C@H](NC)[C@H](CC)NC.[HH].[HH]. The molecule has 2 heteroatoms. The highest BCUT2D eigenvalue weighted by Gasteiger charge is 2.12. The van der Waals surface area contributed by atoms with E-state index in [1.807, 2.05) is 14.1 Å². The molecule has 0 aliphatic carbocycles. The summed E-state index contributed by atoms with van der Waals surface area (Å²) in [5.41, 5.74) is 0. The van der Waals surface area contributed by atoms with Crippen LogP contribution in [0.15, 0.2) is 0 Å². The third-order valence-electron chi connectivity index (χ3n) is 2.11. The van der Waals surface area contributed by atoms with Gasteiger partial charge in [-0.3, -0.25) is 0 Å². The molecule has 0 aliphatic rings. The van der Waals surface area contributed by atoms with Crippen molar-refractivity contribution in [2.75, 3.05) is 14.1 Å². The second-order valence-electron chi connectivity index (χ2n) is 2.61. The Morgan fingerprint density at radius 2 is 1.30 bits per heavy atom. The highest BCUT2D eigenvalue weighted by atomic mass is 15.0. The standard InChI is InChI=1S/C8H20N2.2H2/c1-5-7(9-3)8(6-2)10-4;;/h7-10H,5-6H2,1-4H3;2*1H/t7-,8-;;/m0../s1. The molecule has 0 aromatic heterocycles. The molecule has 0 saturated heterocycles. The van der Waals surface area contributed by atoms with Gasteiger partial charge in [-0.05, 0) is 26.9 Å². The Bertz CT molecular complexity index is 63.5. The molecule has 0 rings (SSSR count). The lowest BCUT2D eigenvalue weighted by Crippen LogP contribution is -2.44. The summed E-state index contributed by atoms with van der Waals surface area (Å²) < 4.78 is 0. The first kappa shape index (κ1) is 9.92. The van der Waals surface area contributed by atoms with Crippen molar-refractivity contribution in [2.45, 2.75) is 38.8 Å². The van der Waals surface area contributed by atoms with Crippen LogP contribution in [0.25, 0.3) is 0 Å². The van der Waals surface area contributed by atoms with Crippen LogP contribution in [0.3, 0.4) is 0 Å². The maximum atomic E-state index is 3.29. The quantitative estimate of drug-likeness (QED) is 0.617. The van der Waals surface area contributed by atoms with Gasteiger partial charge in [0.05, 0.1) is 0 Å². The number of hydrogen-bond acceptors (Lipinski definition) is 2. The Balaban J connectivity index is -0.000000405. The van der Waals surface area contributed by atoms with Crippen molar-refractivity contribution in [2.24, 2.45) is 0 Å². The van der Waals surface area contributed by atoms with Crippen LogP contribution in [0.2, 0.25) is 0 Å². The maximum absolute atomic E-state index is 3.29. The van der Waals surface area contributed by atoms with Gasteiger partial charge in [-0.1, -0.05) is 13.8 Å². The minimum absolute atomic E-state index is 0. The lowest BCUT2D eigenvalue weighted by Gasteiger charge is -2.23. The van der Waals surface area contributed by atoms with Gasteiger partial charge in [0.2, 0.25) is 0 Å². The molecule has 66 valence electrons. The number of nitrogens with one attached hydrogen (secondary N) is 2. The highest BCUT2D eigenvalue weighted by molar-refractivity contribution is 4.77. The van der Waals surface area contributed by atoms with Crippen LogP contribution in [-0.2, 0) is 0 Å².